The molecule has 0 N–H and O–H groups in total. The molecule has 4 heteroatoms. The molecule has 1 aromatic heterocycles. The Bertz CT molecular complexity index is 541. The molecule has 0 saturated heterocycles. The van der Waals surface area contributed by atoms with Gasteiger partial charge in [0, 0.05) is 16.0 Å². The standard InChI is InChI=1S/C12H11NS3/c1-8-9(2)14-16-12(8)7-11(15-16)10-5-3-4-6-13-10/h3-7H,1-2H3. The van der Waals surface area contributed by atoms with E-state index in [9.17, 15) is 0 Å². The van der Waals surface area contributed by atoms with Crippen molar-refractivity contribution in [2.45, 2.75) is 13.8 Å². The van der Waals surface area contributed by atoms with E-state index in [1.54, 1.807) is 0 Å². The summed E-state index contributed by atoms with van der Waals surface area (Å²) in [6.45, 7) is 4.44. The van der Waals surface area contributed by atoms with Gasteiger partial charge >= 0.3 is 0 Å². The lowest BCUT2D eigenvalue weighted by Gasteiger charge is -2.03. The monoisotopic (exact) mass is 265 g/mol. The van der Waals surface area contributed by atoms with Crippen molar-refractivity contribution in [2.24, 2.45) is 0 Å². The summed E-state index contributed by atoms with van der Waals surface area (Å²) in [5, 5.41) is 0. The third-order valence-corrected chi connectivity index (χ3v) is 9.27. The van der Waals surface area contributed by atoms with Gasteiger partial charge in [0.05, 0.1) is 5.69 Å². The molecule has 1 unspecified atom stereocenters. The average molecular weight is 265 g/mol. The van der Waals surface area contributed by atoms with Gasteiger partial charge in [0.25, 0.3) is 0 Å². The maximum Gasteiger partial charge on any atom is 0.0774 e. The highest BCUT2D eigenvalue weighted by atomic mass is 33.5. The maximum atomic E-state index is 4.41. The van der Waals surface area contributed by atoms with Crippen LogP contribution in [-0.4, -0.2) is 9.85 Å². The normalized spacial score (nSPS) is 23.8. The summed E-state index contributed by atoms with van der Waals surface area (Å²) in [7, 11) is 4.23. The maximum absolute atomic E-state index is 4.41. The minimum absolute atomic E-state index is 0.285. The third kappa shape index (κ3) is 1.69. The fraction of sp³-hybridized carbons (Fsp3) is 0.167. The molecule has 0 amide bonds. The summed E-state index contributed by atoms with van der Waals surface area (Å²) in [6.07, 6.45) is 4.18. The molecule has 16 heavy (non-hydrogen) atoms. The van der Waals surface area contributed by atoms with E-state index in [0.29, 0.717) is 0 Å². The molecule has 1 aromatic rings. The Hall–Kier alpha value is -0.450. The van der Waals surface area contributed by atoms with Gasteiger partial charge in [-0.25, -0.2) is 0 Å². The lowest BCUT2D eigenvalue weighted by atomic mass is 10.2. The molecule has 1 nitrogen and oxygen atoms in total. The molecule has 0 spiro atoms. The first-order chi connectivity index (χ1) is 7.75. The third-order valence-electron chi connectivity index (χ3n) is 2.62. The number of pyridine rings is 1. The Morgan fingerprint density at radius 1 is 1.19 bits per heavy atom. The molecule has 0 radical (unpaired) electrons. The number of aromatic nitrogens is 1. The van der Waals surface area contributed by atoms with E-state index >= 15 is 0 Å². The second kappa shape index (κ2) is 4.09. The minimum atomic E-state index is 0.285. The summed E-state index contributed by atoms with van der Waals surface area (Å²) in [4.78, 5) is 8.71. The fourth-order valence-electron chi connectivity index (χ4n) is 1.59. The predicted octanol–water partition coefficient (Wildman–Crippen LogP) is 4.48. The van der Waals surface area contributed by atoms with Crippen molar-refractivity contribution >= 4 is 39.9 Å². The minimum Gasteiger partial charge on any atom is -0.256 e. The first-order valence-corrected chi connectivity index (χ1v) is 8.93. The van der Waals surface area contributed by atoms with Crippen molar-refractivity contribution in [1.82, 2.24) is 4.98 Å². The topological polar surface area (TPSA) is 12.9 Å². The largest absolute Gasteiger partial charge is 0.256 e. The van der Waals surface area contributed by atoms with E-state index in [-0.39, 0.29) is 8.55 Å². The quantitative estimate of drug-likeness (QED) is 0.549. The number of hydrogen-bond donors (Lipinski definition) is 0. The molecule has 2 aliphatic heterocycles. The predicted molar refractivity (Wildman–Crippen MR) is 78.4 cm³/mol. The lowest BCUT2D eigenvalue weighted by molar-refractivity contribution is 1.29. The molecule has 0 aromatic carbocycles. The van der Waals surface area contributed by atoms with E-state index in [1.807, 2.05) is 39.9 Å². The fourth-order valence-corrected chi connectivity index (χ4v) is 9.06. The first-order valence-electron chi connectivity index (χ1n) is 5.04. The van der Waals surface area contributed by atoms with Crippen LogP contribution in [0, 0.1) is 0 Å². The molecule has 3 rings (SSSR count). The molecular weight excluding hydrogens is 254 g/mol. The molecule has 82 valence electrons. The van der Waals surface area contributed by atoms with Crippen molar-refractivity contribution in [3.63, 3.8) is 0 Å². The van der Waals surface area contributed by atoms with E-state index in [2.05, 4.69) is 31.0 Å². The van der Waals surface area contributed by atoms with Crippen LogP contribution in [-0.2, 0) is 0 Å². The summed E-state index contributed by atoms with van der Waals surface area (Å²) >= 11 is 0. The Balaban J connectivity index is 1.96. The van der Waals surface area contributed by atoms with E-state index < -0.39 is 0 Å². The SMILES string of the molecule is CC1=C(C)C2=S(SC(c3ccccn3)=C2)S1. The number of hydrogen-bond acceptors (Lipinski definition) is 3. The summed E-state index contributed by atoms with van der Waals surface area (Å²) in [5.74, 6) is 0. The lowest BCUT2D eigenvalue weighted by Crippen LogP contribution is -1.90. The second-order valence-corrected chi connectivity index (χ2v) is 9.60. The van der Waals surface area contributed by atoms with Gasteiger partial charge in [0.1, 0.15) is 0 Å². The molecule has 0 saturated carbocycles. The highest BCUT2D eigenvalue weighted by molar-refractivity contribution is 9.18. The summed E-state index contributed by atoms with van der Waals surface area (Å²) < 4.78 is 0. The van der Waals surface area contributed by atoms with Crippen LogP contribution in [0.2, 0.25) is 0 Å². The van der Waals surface area contributed by atoms with Crippen molar-refractivity contribution < 1.29 is 0 Å². The Morgan fingerprint density at radius 2 is 2.06 bits per heavy atom. The van der Waals surface area contributed by atoms with E-state index in [1.165, 1.54) is 20.2 Å². The van der Waals surface area contributed by atoms with Gasteiger partial charge in [0.15, 0.2) is 0 Å². The van der Waals surface area contributed by atoms with Gasteiger partial charge in [-0.05, 0) is 42.5 Å². The van der Waals surface area contributed by atoms with Crippen LogP contribution in [0.15, 0.2) is 41.0 Å². The van der Waals surface area contributed by atoms with Crippen molar-refractivity contribution in [1.29, 1.82) is 0 Å². The van der Waals surface area contributed by atoms with Crippen LogP contribution in [0.1, 0.15) is 19.5 Å². The summed E-state index contributed by atoms with van der Waals surface area (Å²) in [5.41, 5.74) is 2.57. The van der Waals surface area contributed by atoms with Gasteiger partial charge in [-0.1, -0.05) is 36.2 Å². The molecular formula is C12H11NS3. The molecule has 0 aliphatic carbocycles. The highest BCUT2D eigenvalue weighted by Gasteiger charge is 2.25. The summed E-state index contributed by atoms with van der Waals surface area (Å²) in [6, 6.07) is 6.10. The van der Waals surface area contributed by atoms with Crippen LogP contribution in [0.3, 0.4) is 0 Å². The Morgan fingerprint density at radius 3 is 2.75 bits per heavy atom. The van der Waals surface area contributed by atoms with E-state index in [4.69, 9.17) is 0 Å². The van der Waals surface area contributed by atoms with Crippen LogP contribution in [0.25, 0.3) is 4.91 Å². The number of rotatable bonds is 1. The first kappa shape index (κ1) is 10.7. The zero-order chi connectivity index (χ0) is 11.1. The molecule has 3 heterocycles. The van der Waals surface area contributed by atoms with Crippen LogP contribution < -0.4 is 0 Å². The van der Waals surface area contributed by atoms with Gasteiger partial charge in [0.2, 0.25) is 0 Å². The number of nitrogens with zero attached hydrogens (tertiary/aromatic N) is 1. The Kier molecular flexibility index (Phi) is 2.73. The zero-order valence-electron chi connectivity index (χ0n) is 9.06. The number of allylic oxidation sites excluding steroid dienone is 3. The van der Waals surface area contributed by atoms with Crippen molar-refractivity contribution in [3.05, 3.63) is 46.6 Å². The van der Waals surface area contributed by atoms with Crippen LogP contribution in [0.5, 0.6) is 0 Å². The van der Waals surface area contributed by atoms with Crippen molar-refractivity contribution in [2.75, 3.05) is 0 Å². The molecule has 0 bridgehead atoms. The highest BCUT2D eigenvalue weighted by Crippen LogP contribution is 2.62. The van der Waals surface area contributed by atoms with Gasteiger partial charge < -0.3 is 0 Å². The molecule has 2 aliphatic rings. The van der Waals surface area contributed by atoms with Gasteiger partial charge in [-0.2, -0.15) is 0 Å². The van der Waals surface area contributed by atoms with Gasteiger partial charge in [-0.3, -0.25) is 4.98 Å². The smallest absolute Gasteiger partial charge is 0.0774 e. The van der Waals surface area contributed by atoms with Gasteiger partial charge in [-0.15, -0.1) is 0 Å². The van der Waals surface area contributed by atoms with E-state index in [0.717, 1.165) is 5.69 Å². The zero-order valence-corrected chi connectivity index (χ0v) is 11.5. The molecule has 0 fully saturated rings. The second-order valence-electron chi connectivity index (χ2n) is 3.67. The van der Waals surface area contributed by atoms with Crippen LogP contribution in [0.4, 0.5) is 0 Å². The van der Waals surface area contributed by atoms with Crippen molar-refractivity contribution in [3.8, 4) is 0 Å². The average Bonchev–Trinajstić information content (AvgIpc) is 2.82. The Labute approximate surface area is 105 Å². The molecule has 1 atom stereocenters. The van der Waals surface area contributed by atoms with Crippen LogP contribution >= 0.6 is 30.1 Å².